The SMILES string of the molecule is CSc1n[n+]2c(c(=O)[nH]1)-c1ccccc1N(C(C)=O)[C@H]2c1ccc(Br)s1. The second kappa shape index (κ2) is 6.64. The number of fused-ring (bicyclic) bond motifs is 3. The van der Waals surface area contributed by atoms with Crippen LogP contribution in [0.5, 0.6) is 0 Å². The first-order chi connectivity index (χ1) is 12.5. The molecule has 3 heterocycles. The van der Waals surface area contributed by atoms with Crippen molar-refractivity contribution in [3.05, 3.63) is 55.4 Å². The highest BCUT2D eigenvalue weighted by Crippen LogP contribution is 2.39. The Morgan fingerprint density at radius 3 is 2.77 bits per heavy atom. The summed E-state index contributed by atoms with van der Waals surface area (Å²) >= 11 is 6.35. The van der Waals surface area contributed by atoms with Crippen LogP contribution in [0.15, 0.2) is 50.1 Å². The van der Waals surface area contributed by atoms with Crippen LogP contribution < -0.4 is 15.1 Å². The van der Waals surface area contributed by atoms with Crippen molar-refractivity contribution in [1.29, 1.82) is 0 Å². The molecule has 0 saturated heterocycles. The van der Waals surface area contributed by atoms with E-state index in [9.17, 15) is 9.59 Å². The van der Waals surface area contributed by atoms with E-state index < -0.39 is 6.17 Å². The molecule has 0 fully saturated rings. The Balaban J connectivity index is 2.10. The summed E-state index contributed by atoms with van der Waals surface area (Å²) in [5.74, 6) is -0.113. The maximum Gasteiger partial charge on any atom is 0.325 e. The molecule has 132 valence electrons. The van der Waals surface area contributed by atoms with Crippen molar-refractivity contribution < 1.29 is 9.48 Å². The number of thiophene rings is 1. The largest absolute Gasteiger partial charge is 0.325 e. The van der Waals surface area contributed by atoms with Gasteiger partial charge in [-0.3, -0.25) is 14.6 Å². The van der Waals surface area contributed by atoms with Crippen LogP contribution in [0.4, 0.5) is 5.69 Å². The average molecular weight is 450 g/mol. The number of nitrogens with one attached hydrogen (secondary N) is 1. The predicted molar refractivity (Wildman–Crippen MR) is 106 cm³/mol. The first kappa shape index (κ1) is 17.4. The number of halogens is 1. The van der Waals surface area contributed by atoms with Gasteiger partial charge in [-0.2, -0.15) is 0 Å². The molecule has 1 N–H and O–H groups in total. The van der Waals surface area contributed by atoms with Gasteiger partial charge in [-0.25, -0.2) is 4.90 Å². The van der Waals surface area contributed by atoms with E-state index >= 15 is 0 Å². The molecule has 1 aliphatic heterocycles. The normalized spacial score (nSPS) is 15.5. The van der Waals surface area contributed by atoms with Gasteiger partial charge in [0.15, 0.2) is 0 Å². The highest BCUT2D eigenvalue weighted by atomic mass is 79.9. The number of hydrogen-bond acceptors (Lipinski definition) is 5. The Labute approximate surface area is 166 Å². The van der Waals surface area contributed by atoms with Crippen LogP contribution in [-0.4, -0.2) is 22.2 Å². The van der Waals surface area contributed by atoms with Crippen molar-refractivity contribution in [1.82, 2.24) is 10.1 Å². The van der Waals surface area contributed by atoms with E-state index in [0.717, 1.165) is 8.66 Å². The zero-order chi connectivity index (χ0) is 18.4. The second-order valence-corrected chi connectivity index (χ2v) is 8.97. The standard InChI is InChI=1S/C17H13BrN4O2S2/c1-9(23)21-11-6-4-3-5-10(11)14-15(24)19-17(25-2)20-22(14)16(21)12-7-8-13(18)26-12/h3-8,16H,1-2H3/p+1/t16-/m1/s1. The highest BCUT2D eigenvalue weighted by Gasteiger charge is 2.45. The molecule has 1 amide bonds. The molecule has 26 heavy (non-hydrogen) atoms. The monoisotopic (exact) mass is 449 g/mol. The molecule has 6 nitrogen and oxygen atoms in total. The third kappa shape index (κ3) is 2.70. The summed E-state index contributed by atoms with van der Waals surface area (Å²) in [7, 11) is 0. The molecule has 0 aliphatic carbocycles. The van der Waals surface area contributed by atoms with Crippen LogP contribution in [0.1, 0.15) is 18.0 Å². The van der Waals surface area contributed by atoms with E-state index in [1.807, 2.05) is 42.7 Å². The van der Waals surface area contributed by atoms with Crippen molar-refractivity contribution >= 4 is 50.6 Å². The van der Waals surface area contributed by atoms with Gasteiger partial charge < -0.3 is 0 Å². The Kier molecular flexibility index (Phi) is 4.45. The van der Waals surface area contributed by atoms with Crippen molar-refractivity contribution in [2.45, 2.75) is 18.2 Å². The van der Waals surface area contributed by atoms with E-state index in [1.54, 1.807) is 9.58 Å². The fourth-order valence-corrected chi connectivity index (χ4v) is 4.99. The number of H-pyrrole nitrogens is 1. The number of anilines is 1. The van der Waals surface area contributed by atoms with Gasteiger partial charge in [0, 0.05) is 12.0 Å². The third-order valence-electron chi connectivity index (χ3n) is 4.14. The van der Waals surface area contributed by atoms with Gasteiger partial charge in [0.1, 0.15) is 0 Å². The zero-order valence-corrected chi connectivity index (χ0v) is 17.1. The maximum absolute atomic E-state index is 12.8. The number of thioether (sulfide) groups is 1. The summed E-state index contributed by atoms with van der Waals surface area (Å²) in [6.07, 6.45) is 1.34. The van der Waals surface area contributed by atoms with Crippen molar-refractivity contribution in [2.75, 3.05) is 11.2 Å². The molecule has 0 spiro atoms. The first-order valence-corrected chi connectivity index (χ1v) is 10.6. The summed E-state index contributed by atoms with van der Waals surface area (Å²) < 4.78 is 2.61. The van der Waals surface area contributed by atoms with Gasteiger partial charge in [-0.15, -0.1) is 11.3 Å². The van der Waals surface area contributed by atoms with Crippen molar-refractivity contribution in [3.8, 4) is 11.3 Å². The lowest BCUT2D eigenvalue weighted by atomic mass is 10.0. The smallest absolute Gasteiger partial charge is 0.291 e. The van der Waals surface area contributed by atoms with Crippen molar-refractivity contribution in [3.63, 3.8) is 0 Å². The molecule has 0 saturated carbocycles. The van der Waals surface area contributed by atoms with Crippen LogP contribution in [0.25, 0.3) is 11.3 Å². The number of hydrogen-bond donors (Lipinski definition) is 1. The Morgan fingerprint density at radius 1 is 1.35 bits per heavy atom. The zero-order valence-electron chi connectivity index (χ0n) is 13.9. The lowest BCUT2D eigenvalue weighted by Crippen LogP contribution is -2.60. The fourth-order valence-electron chi connectivity index (χ4n) is 3.13. The van der Waals surface area contributed by atoms with Crippen LogP contribution >= 0.6 is 39.0 Å². The van der Waals surface area contributed by atoms with Crippen LogP contribution in [0, 0.1) is 0 Å². The van der Waals surface area contributed by atoms with E-state index in [2.05, 4.69) is 26.0 Å². The Bertz CT molecular complexity index is 1080. The topological polar surface area (TPSA) is 69.9 Å². The lowest BCUT2D eigenvalue weighted by molar-refractivity contribution is -0.762. The van der Waals surface area contributed by atoms with Crippen LogP contribution in [0.3, 0.4) is 0 Å². The van der Waals surface area contributed by atoms with E-state index in [-0.39, 0.29) is 11.5 Å². The van der Waals surface area contributed by atoms with Crippen LogP contribution in [-0.2, 0) is 4.79 Å². The predicted octanol–water partition coefficient (Wildman–Crippen LogP) is 3.18. The fraction of sp³-hybridized carbons (Fsp3) is 0.176. The van der Waals surface area contributed by atoms with Gasteiger partial charge in [-0.05, 0) is 51.1 Å². The van der Waals surface area contributed by atoms with E-state index in [4.69, 9.17) is 0 Å². The molecule has 1 aliphatic rings. The summed E-state index contributed by atoms with van der Waals surface area (Å²) in [5, 5.41) is 5.11. The molecule has 1 atom stereocenters. The lowest BCUT2D eigenvalue weighted by Gasteiger charge is -2.30. The van der Waals surface area contributed by atoms with Crippen LogP contribution in [0.2, 0.25) is 0 Å². The number of amides is 1. The second-order valence-electron chi connectivity index (χ2n) is 5.68. The molecule has 2 aromatic heterocycles. The summed E-state index contributed by atoms with van der Waals surface area (Å²) in [6.45, 7) is 1.53. The number of para-hydroxylation sites is 1. The molecular weight excluding hydrogens is 436 g/mol. The Morgan fingerprint density at radius 2 is 2.12 bits per heavy atom. The average Bonchev–Trinajstić information content (AvgIpc) is 3.05. The maximum atomic E-state index is 12.8. The number of carbonyl (C=O) groups excluding carboxylic acids is 1. The van der Waals surface area contributed by atoms with E-state index in [0.29, 0.717) is 22.1 Å². The molecule has 3 aromatic rings. The molecular formula is C17H14BrN4O2S2+. The molecule has 0 bridgehead atoms. The minimum Gasteiger partial charge on any atom is -0.291 e. The number of carbonyl (C=O) groups is 1. The molecule has 0 radical (unpaired) electrons. The third-order valence-corrected chi connectivity index (χ3v) is 6.37. The first-order valence-electron chi connectivity index (χ1n) is 7.76. The molecule has 1 aromatic carbocycles. The minimum absolute atomic E-state index is 0.113. The van der Waals surface area contributed by atoms with Gasteiger partial charge in [0.2, 0.25) is 11.1 Å². The molecule has 4 rings (SSSR count). The van der Waals surface area contributed by atoms with E-state index in [1.165, 1.54) is 30.0 Å². The number of aromatic nitrogens is 3. The summed E-state index contributed by atoms with van der Waals surface area (Å²) in [6, 6.07) is 11.3. The molecule has 0 unspecified atom stereocenters. The van der Waals surface area contributed by atoms with Gasteiger partial charge in [0.05, 0.1) is 19.9 Å². The highest BCUT2D eigenvalue weighted by molar-refractivity contribution is 9.11. The summed E-state index contributed by atoms with van der Waals surface area (Å²) in [5.41, 5.74) is 1.63. The number of aromatic amines is 1. The van der Waals surface area contributed by atoms with Gasteiger partial charge >= 0.3 is 17.4 Å². The Hall–Kier alpha value is -1.97. The number of benzene rings is 1. The van der Waals surface area contributed by atoms with Gasteiger partial charge in [0.25, 0.3) is 0 Å². The van der Waals surface area contributed by atoms with Crippen molar-refractivity contribution in [2.24, 2.45) is 0 Å². The quantitative estimate of drug-likeness (QED) is 0.481. The minimum atomic E-state index is -0.512. The number of nitrogens with zero attached hydrogens (tertiary/aromatic N) is 3. The number of rotatable bonds is 2. The summed E-state index contributed by atoms with van der Waals surface area (Å²) in [4.78, 5) is 30.8. The van der Waals surface area contributed by atoms with Gasteiger partial charge in [-0.1, -0.05) is 23.9 Å². The molecule has 9 heteroatoms.